The third-order valence-electron chi connectivity index (χ3n) is 5.09. The first-order valence-corrected chi connectivity index (χ1v) is 10.0. The van der Waals surface area contributed by atoms with Gasteiger partial charge in [0.05, 0.1) is 5.69 Å². The third kappa shape index (κ3) is 4.04. The molecular weight excluding hydrogens is 412 g/mol. The van der Waals surface area contributed by atoms with E-state index < -0.39 is 23.7 Å². The topological polar surface area (TPSA) is 114 Å². The molecule has 2 atom stereocenters. The van der Waals surface area contributed by atoms with Crippen molar-refractivity contribution in [2.75, 3.05) is 5.43 Å². The van der Waals surface area contributed by atoms with Crippen LogP contribution in [-0.4, -0.2) is 27.0 Å². The van der Waals surface area contributed by atoms with Crippen LogP contribution >= 0.6 is 0 Å². The number of para-hydroxylation sites is 1. The summed E-state index contributed by atoms with van der Waals surface area (Å²) in [4.78, 5) is 44.0. The highest BCUT2D eigenvalue weighted by molar-refractivity contribution is 6.04. The number of aromatic nitrogens is 2. The minimum absolute atomic E-state index is 0.249. The second-order valence-electron chi connectivity index (χ2n) is 7.58. The quantitative estimate of drug-likeness (QED) is 0.611. The zero-order valence-corrected chi connectivity index (χ0v) is 17.8. The van der Waals surface area contributed by atoms with Gasteiger partial charge in [-0.05, 0) is 45.0 Å². The highest BCUT2D eigenvalue weighted by Gasteiger charge is 2.52. The highest BCUT2D eigenvalue weighted by atomic mass is 16.6. The van der Waals surface area contributed by atoms with Gasteiger partial charge in [0.25, 0.3) is 11.5 Å². The molecular formula is C23H22N4O5. The number of carbonyl (C=O) groups excluding carboxylic acids is 2. The fourth-order valence-electron chi connectivity index (χ4n) is 3.39. The Kier molecular flexibility index (Phi) is 5.40. The lowest BCUT2D eigenvalue weighted by atomic mass is 9.95. The number of imide groups is 1. The number of H-pyrrole nitrogens is 1. The molecule has 1 saturated heterocycles. The van der Waals surface area contributed by atoms with Crippen LogP contribution in [0, 0.1) is 6.92 Å². The van der Waals surface area contributed by atoms with Crippen molar-refractivity contribution in [2.24, 2.45) is 0 Å². The van der Waals surface area contributed by atoms with Crippen LogP contribution in [0.5, 0.6) is 5.75 Å². The highest BCUT2D eigenvalue weighted by Crippen LogP contribution is 2.35. The number of nitrogens with one attached hydrogen (secondary N) is 2. The lowest BCUT2D eigenvalue weighted by Gasteiger charge is -2.21. The van der Waals surface area contributed by atoms with Gasteiger partial charge in [0, 0.05) is 17.3 Å². The monoisotopic (exact) mass is 434 g/mol. The zero-order chi connectivity index (χ0) is 22.9. The Hall–Kier alpha value is -4.14. The van der Waals surface area contributed by atoms with E-state index in [9.17, 15) is 14.4 Å². The van der Waals surface area contributed by atoms with Gasteiger partial charge in [0.1, 0.15) is 11.6 Å². The Morgan fingerprint density at radius 3 is 2.44 bits per heavy atom. The predicted octanol–water partition coefficient (Wildman–Crippen LogP) is 3.44. The molecule has 0 spiro atoms. The smallest absolute Gasteiger partial charge is 0.437 e. The van der Waals surface area contributed by atoms with Gasteiger partial charge in [-0.15, -0.1) is 5.01 Å². The molecule has 1 aliphatic heterocycles. The molecule has 9 heteroatoms. The molecule has 2 amide bonds. The summed E-state index contributed by atoms with van der Waals surface area (Å²) >= 11 is 0. The summed E-state index contributed by atoms with van der Waals surface area (Å²) < 4.78 is 11.3. The molecule has 1 aromatic heterocycles. The molecule has 4 rings (SSSR count). The lowest BCUT2D eigenvalue weighted by Crippen LogP contribution is -2.40. The van der Waals surface area contributed by atoms with E-state index in [1.807, 2.05) is 6.07 Å². The maximum atomic E-state index is 13.0. The maximum Gasteiger partial charge on any atom is 0.437 e. The van der Waals surface area contributed by atoms with Gasteiger partial charge in [-0.25, -0.2) is 9.78 Å². The molecule has 1 aliphatic rings. The predicted molar refractivity (Wildman–Crippen MR) is 116 cm³/mol. The molecule has 1 fully saturated rings. The number of aryl methyl sites for hydroxylation is 1. The first-order chi connectivity index (χ1) is 15.3. The molecule has 9 nitrogen and oxygen atoms in total. The van der Waals surface area contributed by atoms with Gasteiger partial charge in [-0.1, -0.05) is 30.3 Å². The Bertz CT molecular complexity index is 1210. The number of rotatable bonds is 6. The Labute approximate surface area is 184 Å². The van der Waals surface area contributed by atoms with Crippen LogP contribution in [0.25, 0.3) is 0 Å². The summed E-state index contributed by atoms with van der Waals surface area (Å²) in [5, 5.41) is 0.863. The average Bonchev–Trinajstić information content (AvgIpc) is 2.98. The van der Waals surface area contributed by atoms with Crippen LogP contribution in [0.2, 0.25) is 0 Å². The molecule has 2 heterocycles. The van der Waals surface area contributed by atoms with Crippen molar-refractivity contribution in [3.63, 3.8) is 0 Å². The van der Waals surface area contributed by atoms with Crippen molar-refractivity contribution < 1.29 is 19.1 Å². The number of cyclic esters (lactones) is 1. The largest absolute Gasteiger partial charge is 0.483 e. The number of amides is 2. The second kappa shape index (κ2) is 8.18. The summed E-state index contributed by atoms with van der Waals surface area (Å²) in [6.07, 6.45) is -1.29. The van der Waals surface area contributed by atoms with Crippen molar-refractivity contribution in [3.8, 4) is 5.75 Å². The molecule has 0 radical (unpaired) electrons. The maximum absolute atomic E-state index is 13.0. The lowest BCUT2D eigenvalue weighted by molar-refractivity contribution is -0.135. The van der Waals surface area contributed by atoms with Crippen LogP contribution in [0.15, 0.2) is 65.5 Å². The molecule has 164 valence electrons. The second-order valence-corrected chi connectivity index (χ2v) is 7.58. The molecule has 0 bridgehead atoms. The Morgan fingerprint density at radius 1 is 1.09 bits per heavy atom. The van der Waals surface area contributed by atoms with E-state index in [0.29, 0.717) is 28.5 Å². The van der Waals surface area contributed by atoms with E-state index in [0.717, 1.165) is 5.01 Å². The fourth-order valence-corrected chi connectivity index (χ4v) is 3.39. The number of nitrogens with zero attached hydrogens (tertiary/aromatic N) is 2. The van der Waals surface area contributed by atoms with Crippen LogP contribution < -0.4 is 15.7 Å². The molecule has 0 saturated carbocycles. The standard InChI is InChI=1S/C23H22N4O5/c1-14-13-19(28)25-20(24-14)15(2)31-18-11-9-16(10-12-18)23(3)21(29)27(22(30)32-23)26-17-7-5-4-6-8-17/h4-13,15,26H,1-3H3,(H,24,25,28). The van der Waals surface area contributed by atoms with Crippen LogP contribution in [0.1, 0.15) is 37.0 Å². The van der Waals surface area contributed by atoms with Gasteiger partial charge in [0.2, 0.25) is 5.60 Å². The van der Waals surface area contributed by atoms with Crippen molar-refractivity contribution in [1.29, 1.82) is 0 Å². The number of carbonyl (C=O) groups is 2. The fraction of sp³-hybridized carbons (Fsp3) is 0.217. The minimum atomic E-state index is -1.48. The number of benzene rings is 2. The van der Waals surface area contributed by atoms with E-state index >= 15 is 0 Å². The van der Waals surface area contributed by atoms with Crippen molar-refractivity contribution in [2.45, 2.75) is 32.5 Å². The summed E-state index contributed by atoms with van der Waals surface area (Å²) in [5.41, 5.74) is 2.73. The average molecular weight is 434 g/mol. The van der Waals surface area contributed by atoms with Gasteiger partial charge < -0.3 is 14.5 Å². The van der Waals surface area contributed by atoms with Gasteiger partial charge in [-0.2, -0.15) is 0 Å². The zero-order valence-electron chi connectivity index (χ0n) is 17.8. The van der Waals surface area contributed by atoms with Crippen molar-refractivity contribution >= 4 is 17.7 Å². The molecule has 32 heavy (non-hydrogen) atoms. The third-order valence-corrected chi connectivity index (χ3v) is 5.09. The van der Waals surface area contributed by atoms with E-state index in [4.69, 9.17) is 9.47 Å². The van der Waals surface area contributed by atoms with Gasteiger partial charge >= 0.3 is 6.09 Å². The van der Waals surface area contributed by atoms with E-state index in [2.05, 4.69) is 15.4 Å². The number of aromatic amines is 1. The van der Waals surface area contributed by atoms with Crippen LogP contribution in [-0.2, 0) is 15.1 Å². The Morgan fingerprint density at radius 2 is 1.78 bits per heavy atom. The summed E-state index contributed by atoms with van der Waals surface area (Å²) in [6, 6.07) is 16.9. The normalized spacial score (nSPS) is 18.9. The minimum Gasteiger partial charge on any atom is -0.483 e. The van der Waals surface area contributed by atoms with E-state index in [1.54, 1.807) is 69.3 Å². The van der Waals surface area contributed by atoms with E-state index in [-0.39, 0.29) is 5.56 Å². The first kappa shape index (κ1) is 21.1. The number of ether oxygens (including phenoxy) is 2. The molecule has 2 unspecified atom stereocenters. The van der Waals surface area contributed by atoms with E-state index in [1.165, 1.54) is 6.07 Å². The molecule has 3 aromatic rings. The SMILES string of the molecule is Cc1cc(=O)[nH]c(C(C)Oc2ccc(C3(C)OC(=O)N(Nc4ccccc4)C3=O)cc2)n1. The van der Waals surface area contributed by atoms with Crippen molar-refractivity contribution in [1.82, 2.24) is 15.0 Å². The molecule has 2 N–H and O–H groups in total. The van der Waals surface area contributed by atoms with Gasteiger partial charge in [-0.3, -0.25) is 15.0 Å². The summed E-state index contributed by atoms with van der Waals surface area (Å²) in [5.74, 6) is 0.383. The Balaban J connectivity index is 1.50. The number of hydrogen-bond acceptors (Lipinski definition) is 7. The number of hydrazine groups is 1. The summed E-state index contributed by atoms with van der Waals surface area (Å²) in [7, 11) is 0. The van der Waals surface area contributed by atoms with Gasteiger partial charge in [0.15, 0.2) is 6.10 Å². The molecule has 2 aromatic carbocycles. The number of hydrogen-bond donors (Lipinski definition) is 2. The number of anilines is 1. The van der Waals surface area contributed by atoms with Crippen LogP contribution in [0.3, 0.4) is 0 Å². The first-order valence-electron chi connectivity index (χ1n) is 10.0. The van der Waals surface area contributed by atoms with Crippen LogP contribution in [0.4, 0.5) is 10.5 Å². The van der Waals surface area contributed by atoms with Crippen molar-refractivity contribution in [3.05, 3.63) is 88.1 Å². The summed E-state index contributed by atoms with van der Waals surface area (Å²) in [6.45, 7) is 5.04. The molecule has 0 aliphatic carbocycles.